The number of anilines is 1. The molecule has 1 N–H and O–H groups in total. The molecular formula is C20H20FN3O. The van der Waals surface area contributed by atoms with Crippen molar-refractivity contribution in [2.24, 2.45) is 0 Å². The number of aryl methyl sites for hydroxylation is 2. The zero-order valence-electron chi connectivity index (χ0n) is 14.5. The lowest BCUT2D eigenvalue weighted by Gasteiger charge is -2.08. The van der Waals surface area contributed by atoms with E-state index in [4.69, 9.17) is 0 Å². The highest BCUT2D eigenvalue weighted by Gasteiger charge is 2.15. The van der Waals surface area contributed by atoms with Crippen LogP contribution in [0.2, 0.25) is 0 Å². The highest BCUT2D eigenvalue weighted by atomic mass is 19.1. The van der Waals surface area contributed by atoms with Crippen molar-refractivity contribution in [2.75, 3.05) is 5.32 Å². The highest BCUT2D eigenvalue weighted by molar-refractivity contribution is 5.93. The third-order valence-electron chi connectivity index (χ3n) is 4.11. The molecule has 0 aliphatic carbocycles. The van der Waals surface area contributed by atoms with Crippen molar-refractivity contribution in [3.8, 4) is 5.69 Å². The highest BCUT2D eigenvalue weighted by Crippen LogP contribution is 2.23. The van der Waals surface area contributed by atoms with E-state index in [1.165, 1.54) is 17.7 Å². The molecule has 3 aromatic rings. The number of hydrogen-bond donors (Lipinski definition) is 1. The first-order chi connectivity index (χ1) is 11.9. The summed E-state index contributed by atoms with van der Waals surface area (Å²) in [5, 5.41) is 7.46. The van der Waals surface area contributed by atoms with Crippen LogP contribution in [0, 0.1) is 26.6 Å². The molecule has 3 rings (SSSR count). The van der Waals surface area contributed by atoms with Crippen LogP contribution in [0.5, 0.6) is 0 Å². The molecule has 0 radical (unpaired) electrons. The van der Waals surface area contributed by atoms with Gasteiger partial charge in [0, 0.05) is 0 Å². The molecule has 4 nitrogen and oxygen atoms in total. The number of carbonyl (C=O) groups is 1. The molecule has 0 atom stereocenters. The Labute approximate surface area is 146 Å². The van der Waals surface area contributed by atoms with E-state index >= 15 is 0 Å². The van der Waals surface area contributed by atoms with Crippen LogP contribution in [0.4, 0.5) is 10.1 Å². The van der Waals surface area contributed by atoms with Gasteiger partial charge in [-0.25, -0.2) is 9.07 Å². The van der Waals surface area contributed by atoms with Gasteiger partial charge in [-0.3, -0.25) is 4.79 Å². The Morgan fingerprint density at radius 1 is 1.04 bits per heavy atom. The predicted octanol–water partition coefficient (Wildman–Crippen LogP) is 4.12. The van der Waals surface area contributed by atoms with Crippen molar-refractivity contribution in [1.29, 1.82) is 0 Å². The molecule has 0 saturated heterocycles. The number of halogens is 1. The Balaban J connectivity index is 1.79. The number of amides is 1. The largest absolute Gasteiger partial charge is 0.323 e. The summed E-state index contributed by atoms with van der Waals surface area (Å²) in [5.41, 5.74) is 5.23. The first-order valence-electron chi connectivity index (χ1n) is 8.11. The number of nitrogens with one attached hydrogen (secondary N) is 1. The molecule has 0 spiro atoms. The van der Waals surface area contributed by atoms with E-state index in [-0.39, 0.29) is 18.1 Å². The minimum atomic E-state index is -0.310. The molecule has 1 heterocycles. The van der Waals surface area contributed by atoms with Gasteiger partial charge in [-0.2, -0.15) is 5.10 Å². The van der Waals surface area contributed by atoms with Crippen molar-refractivity contribution in [3.63, 3.8) is 0 Å². The van der Waals surface area contributed by atoms with Gasteiger partial charge in [-0.05, 0) is 50.6 Å². The third-order valence-corrected chi connectivity index (χ3v) is 4.11. The lowest BCUT2D eigenvalue weighted by atomic mass is 10.1. The fourth-order valence-electron chi connectivity index (χ4n) is 2.73. The van der Waals surface area contributed by atoms with Crippen LogP contribution in [0.3, 0.4) is 0 Å². The number of hydrogen-bond acceptors (Lipinski definition) is 2. The molecular weight excluding hydrogens is 317 g/mol. The van der Waals surface area contributed by atoms with Gasteiger partial charge in [-0.1, -0.05) is 29.8 Å². The second-order valence-corrected chi connectivity index (χ2v) is 6.14. The van der Waals surface area contributed by atoms with Crippen LogP contribution in [0.1, 0.15) is 22.5 Å². The van der Waals surface area contributed by atoms with Gasteiger partial charge in [0.25, 0.3) is 0 Å². The predicted molar refractivity (Wildman–Crippen MR) is 96.5 cm³/mol. The fourth-order valence-corrected chi connectivity index (χ4v) is 2.73. The van der Waals surface area contributed by atoms with E-state index in [2.05, 4.69) is 10.4 Å². The number of rotatable bonds is 4. The summed E-state index contributed by atoms with van der Waals surface area (Å²) in [6.07, 6.45) is 0.189. The van der Waals surface area contributed by atoms with Gasteiger partial charge >= 0.3 is 0 Å². The van der Waals surface area contributed by atoms with Gasteiger partial charge in [0.1, 0.15) is 5.82 Å². The third kappa shape index (κ3) is 3.76. The Morgan fingerprint density at radius 3 is 2.32 bits per heavy atom. The summed E-state index contributed by atoms with van der Waals surface area (Å²) in [5.74, 6) is -0.462. The Kier molecular flexibility index (Phi) is 4.65. The fraction of sp³-hybridized carbons (Fsp3) is 0.200. The van der Waals surface area contributed by atoms with Crippen molar-refractivity contribution in [2.45, 2.75) is 27.2 Å². The maximum Gasteiger partial charge on any atom is 0.228 e. The molecule has 25 heavy (non-hydrogen) atoms. The summed E-state index contributed by atoms with van der Waals surface area (Å²) in [6, 6.07) is 14.0. The molecule has 0 aliphatic heterocycles. The molecule has 1 aromatic heterocycles. The van der Waals surface area contributed by atoms with Crippen LogP contribution in [0.25, 0.3) is 5.69 Å². The zero-order valence-corrected chi connectivity index (χ0v) is 14.5. The smallest absolute Gasteiger partial charge is 0.228 e. The number of carbonyl (C=O) groups excluding carboxylic acids is 1. The summed E-state index contributed by atoms with van der Waals surface area (Å²) < 4.78 is 14.8. The molecule has 0 saturated carbocycles. The van der Waals surface area contributed by atoms with E-state index in [0.29, 0.717) is 5.69 Å². The topological polar surface area (TPSA) is 46.9 Å². The Morgan fingerprint density at radius 2 is 1.68 bits per heavy atom. The van der Waals surface area contributed by atoms with Gasteiger partial charge in [0.2, 0.25) is 5.91 Å². The van der Waals surface area contributed by atoms with Gasteiger partial charge in [0.05, 0.1) is 29.2 Å². The summed E-state index contributed by atoms with van der Waals surface area (Å²) >= 11 is 0. The van der Waals surface area contributed by atoms with Crippen molar-refractivity contribution in [3.05, 3.63) is 76.9 Å². The van der Waals surface area contributed by atoms with Crippen LogP contribution < -0.4 is 5.32 Å². The van der Waals surface area contributed by atoms with E-state index in [9.17, 15) is 9.18 Å². The summed E-state index contributed by atoms with van der Waals surface area (Å²) in [6.45, 7) is 5.82. The van der Waals surface area contributed by atoms with Crippen LogP contribution in [-0.4, -0.2) is 15.7 Å². The van der Waals surface area contributed by atoms with E-state index in [1.54, 1.807) is 12.1 Å². The molecule has 2 aromatic carbocycles. The monoisotopic (exact) mass is 337 g/mol. The SMILES string of the molecule is Cc1ccc(-n2nc(C)c(NC(=O)Cc3ccc(F)cc3)c2C)cc1. The van der Waals surface area contributed by atoms with E-state index < -0.39 is 0 Å². The zero-order chi connectivity index (χ0) is 18.0. The normalized spacial score (nSPS) is 10.7. The van der Waals surface area contributed by atoms with Crippen molar-refractivity contribution in [1.82, 2.24) is 9.78 Å². The van der Waals surface area contributed by atoms with E-state index in [1.807, 2.05) is 49.7 Å². The molecule has 0 fully saturated rings. The second kappa shape index (κ2) is 6.89. The first kappa shape index (κ1) is 16.9. The maximum absolute atomic E-state index is 13.0. The van der Waals surface area contributed by atoms with E-state index in [0.717, 1.165) is 22.6 Å². The minimum absolute atomic E-state index is 0.152. The molecule has 0 bridgehead atoms. The lowest BCUT2D eigenvalue weighted by Crippen LogP contribution is -2.15. The number of aromatic nitrogens is 2. The quantitative estimate of drug-likeness (QED) is 0.778. The maximum atomic E-state index is 13.0. The number of nitrogens with zero attached hydrogens (tertiary/aromatic N) is 2. The van der Waals surface area contributed by atoms with Crippen molar-refractivity contribution < 1.29 is 9.18 Å². The van der Waals surface area contributed by atoms with Gasteiger partial charge in [0.15, 0.2) is 0 Å². The molecule has 0 aliphatic rings. The Bertz CT molecular complexity index is 896. The first-order valence-corrected chi connectivity index (χ1v) is 8.11. The average Bonchev–Trinajstić information content (AvgIpc) is 2.86. The van der Waals surface area contributed by atoms with Crippen molar-refractivity contribution >= 4 is 11.6 Å². The standard InChI is InChI=1S/C20H20FN3O/c1-13-4-10-18(11-5-13)24-15(3)20(14(2)23-24)22-19(25)12-16-6-8-17(21)9-7-16/h4-11H,12H2,1-3H3,(H,22,25). The van der Waals surface area contributed by atoms with Crippen LogP contribution >= 0.6 is 0 Å². The van der Waals surface area contributed by atoms with Crippen LogP contribution in [0.15, 0.2) is 48.5 Å². The summed E-state index contributed by atoms with van der Waals surface area (Å²) in [4.78, 5) is 12.3. The van der Waals surface area contributed by atoms with Crippen LogP contribution in [-0.2, 0) is 11.2 Å². The van der Waals surface area contributed by atoms with Gasteiger partial charge in [-0.15, -0.1) is 0 Å². The molecule has 1 amide bonds. The lowest BCUT2D eigenvalue weighted by molar-refractivity contribution is -0.115. The minimum Gasteiger partial charge on any atom is -0.323 e. The Hall–Kier alpha value is -2.95. The summed E-state index contributed by atoms with van der Waals surface area (Å²) in [7, 11) is 0. The average molecular weight is 337 g/mol. The second-order valence-electron chi connectivity index (χ2n) is 6.14. The molecule has 5 heteroatoms. The molecule has 0 unspecified atom stereocenters. The van der Waals surface area contributed by atoms with Gasteiger partial charge < -0.3 is 5.32 Å². The number of benzene rings is 2. The molecule has 128 valence electrons.